The number of aliphatic imine (C=N–C) groups is 1. The van der Waals surface area contributed by atoms with Crippen molar-refractivity contribution in [2.75, 3.05) is 12.8 Å². The predicted molar refractivity (Wildman–Crippen MR) is 117 cm³/mol. The molecule has 2 unspecified atom stereocenters. The summed E-state index contributed by atoms with van der Waals surface area (Å²) in [6, 6.07) is 10.6. The van der Waals surface area contributed by atoms with Crippen LogP contribution < -0.4 is 5.73 Å². The van der Waals surface area contributed by atoms with E-state index in [2.05, 4.69) is 15.1 Å². The van der Waals surface area contributed by atoms with Crippen molar-refractivity contribution < 1.29 is 8.60 Å². The summed E-state index contributed by atoms with van der Waals surface area (Å²) in [6.07, 6.45) is 5.27. The van der Waals surface area contributed by atoms with E-state index in [0.29, 0.717) is 16.1 Å². The average molecular weight is 441 g/mol. The van der Waals surface area contributed by atoms with Crippen molar-refractivity contribution in [1.29, 1.82) is 0 Å². The maximum absolute atomic E-state index is 15.3. The molecular formula is C20H17FN6OS2. The lowest BCUT2D eigenvalue weighted by molar-refractivity contribution is 0.592. The van der Waals surface area contributed by atoms with Crippen LogP contribution in [-0.2, 0) is 11.0 Å². The first-order valence-corrected chi connectivity index (χ1v) is 11.2. The topological polar surface area (TPSA) is 89.4 Å². The summed E-state index contributed by atoms with van der Waals surface area (Å²) < 4.78 is 31.4. The van der Waals surface area contributed by atoms with Gasteiger partial charge in [0.05, 0.1) is 10.6 Å². The first kappa shape index (κ1) is 18.9. The van der Waals surface area contributed by atoms with E-state index in [4.69, 9.17) is 5.73 Å². The third-order valence-electron chi connectivity index (χ3n) is 5.00. The molecule has 4 aromatic rings. The van der Waals surface area contributed by atoms with Gasteiger partial charge in [-0.25, -0.2) is 23.3 Å². The molecule has 0 aliphatic carbocycles. The van der Waals surface area contributed by atoms with E-state index >= 15 is 4.39 Å². The molecule has 7 nitrogen and oxygen atoms in total. The van der Waals surface area contributed by atoms with Gasteiger partial charge in [-0.15, -0.1) is 11.3 Å². The molecule has 1 aliphatic heterocycles. The minimum Gasteiger partial charge on any atom is -0.369 e. The Balaban J connectivity index is 1.58. The van der Waals surface area contributed by atoms with Crippen LogP contribution in [0.5, 0.6) is 0 Å². The number of pyridine rings is 1. The number of benzene rings is 1. The van der Waals surface area contributed by atoms with Crippen LogP contribution in [0.3, 0.4) is 0 Å². The Bertz CT molecular complexity index is 1280. The fourth-order valence-electron chi connectivity index (χ4n) is 3.40. The maximum atomic E-state index is 15.3. The summed E-state index contributed by atoms with van der Waals surface area (Å²) in [5.74, 6) is 0.727. The van der Waals surface area contributed by atoms with E-state index in [0.717, 1.165) is 15.8 Å². The molecule has 0 saturated carbocycles. The summed E-state index contributed by atoms with van der Waals surface area (Å²) in [5, 5.41) is 4.69. The van der Waals surface area contributed by atoms with Crippen molar-refractivity contribution >= 4 is 38.4 Å². The molecule has 1 aromatic carbocycles. The lowest BCUT2D eigenvalue weighted by atomic mass is 10.1. The third kappa shape index (κ3) is 3.08. The Morgan fingerprint density at radius 1 is 1.27 bits per heavy atom. The summed E-state index contributed by atoms with van der Waals surface area (Å²) >= 11 is 1.32. The summed E-state index contributed by atoms with van der Waals surface area (Å²) in [4.78, 5) is 9.28. The monoisotopic (exact) mass is 440 g/mol. The number of fused-ring (bicyclic) bond motifs is 1. The summed E-state index contributed by atoms with van der Waals surface area (Å²) in [5.41, 5.74) is 7.62. The second kappa shape index (κ2) is 7.29. The molecular weight excluding hydrogens is 423 g/mol. The number of nitrogens with two attached hydrogens (primary N) is 1. The molecule has 0 spiro atoms. The van der Waals surface area contributed by atoms with Crippen LogP contribution in [0.25, 0.3) is 27.0 Å². The van der Waals surface area contributed by atoms with Gasteiger partial charge in [0, 0.05) is 46.9 Å². The zero-order valence-corrected chi connectivity index (χ0v) is 17.5. The van der Waals surface area contributed by atoms with Gasteiger partial charge >= 0.3 is 0 Å². The highest BCUT2D eigenvalue weighted by Crippen LogP contribution is 2.41. The standard InChI is InChI=1S/C20H17FN6OS2/c1-26-20(22)25-15(11-30(26)28)19-17(21)14-5-2-4-13(18(14)29-19)12-6-7-16(23-10-12)27-9-3-8-24-27/h2-10,15H,11H2,1H3,(H2,22,25). The number of rotatable bonds is 3. The zero-order chi connectivity index (χ0) is 20.8. The van der Waals surface area contributed by atoms with Gasteiger partial charge in [-0.05, 0) is 18.2 Å². The van der Waals surface area contributed by atoms with E-state index in [1.54, 1.807) is 30.2 Å². The zero-order valence-electron chi connectivity index (χ0n) is 15.9. The summed E-state index contributed by atoms with van der Waals surface area (Å²) in [7, 11) is 0.281. The second-order valence-electron chi connectivity index (χ2n) is 6.81. The lowest BCUT2D eigenvalue weighted by Crippen LogP contribution is -2.41. The molecule has 2 atom stereocenters. The molecule has 2 N–H and O–H groups in total. The van der Waals surface area contributed by atoms with Gasteiger partial charge in [0.1, 0.15) is 22.8 Å². The number of hydrogen-bond donors (Lipinski definition) is 1. The van der Waals surface area contributed by atoms with Crippen LogP contribution >= 0.6 is 11.3 Å². The number of halogens is 1. The molecule has 30 heavy (non-hydrogen) atoms. The minimum absolute atomic E-state index is 0.153. The molecule has 0 radical (unpaired) electrons. The van der Waals surface area contributed by atoms with Gasteiger partial charge in [0.2, 0.25) is 5.96 Å². The van der Waals surface area contributed by atoms with Gasteiger partial charge in [0.25, 0.3) is 0 Å². The Morgan fingerprint density at radius 3 is 2.83 bits per heavy atom. The predicted octanol–water partition coefficient (Wildman–Crippen LogP) is 3.25. The fourth-order valence-corrected chi connectivity index (χ4v) is 5.75. The molecule has 4 heterocycles. The highest BCUT2D eigenvalue weighted by molar-refractivity contribution is 7.83. The third-order valence-corrected chi connectivity index (χ3v) is 7.71. The second-order valence-corrected chi connectivity index (χ2v) is 9.38. The normalized spacial score (nSPS) is 19.3. The summed E-state index contributed by atoms with van der Waals surface area (Å²) in [6.45, 7) is 0. The molecule has 0 bridgehead atoms. The number of guanidine groups is 1. The average Bonchev–Trinajstić information content (AvgIpc) is 3.40. The molecule has 3 aromatic heterocycles. The van der Waals surface area contributed by atoms with Gasteiger partial charge in [-0.1, -0.05) is 18.2 Å². The van der Waals surface area contributed by atoms with E-state index in [1.165, 1.54) is 15.6 Å². The van der Waals surface area contributed by atoms with Crippen LogP contribution in [0.1, 0.15) is 10.9 Å². The van der Waals surface area contributed by atoms with E-state index < -0.39 is 17.0 Å². The smallest absolute Gasteiger partial charge is 0.203 e. The van der Waals surface area contributed by atoms with Gasteiger partial charge in [0.15, 0.2) is 5.82 Å². The van der Waals surface area contributed by atoms with E-state index in [-0.39, 0.29) is 17.5 Å². The molecule has 0 fully saturated rings. The molecule has 0 saturated heterocycles. The molecule has 152 valence electrons. The first-order valence-electron chi connectivity index (χ1n) is 9.16. The lowest BCUT2D eigenvalue weighted by Gasteiger charge is -2.25. The SMILES string of the molecule is CN1C(N)=NC(c2sc3c(-c4ccc(-n5cccn5)nc4)cccc3c2F)CS1=O. The van der Waals surface area contributed by atoms with Gasteiger partial charge in [-0.2, -0.15) is 5.10 Å². The number of hydrogen-bond acceptors (Lipinski definition) is 6. The highest BCUT2D eigenvalue weighted by atomic mass is 32.2. The number of nitrogens with zero attached hydrogens (tertiary/aromatic N) is 5. The van der Waals surface area contributed by atoms with Crippen molar-refractivity contribution in [3.8, 4) is 16.9 Å². The first-order chi connectivity index (χ1) is 14.5. The van der Waals surface area contributed by atoms with Gasteiger partial charge in [-0.3, -0.25) is 4.31 Å². The Morgan fingerprint density at radius 2 is 2.13 bits per heavy atom. The number of aromatic nitrogens is 3. The molecule has 0 amide bonds. The van der Waals surface area contributed by atoms with Crippen LogP contribution in [0.15, 0.2) is 60.0 Å². The molecule has 1 aliphatic rings. The highest BCUT2D eigenvalue weighted by Gasteiger charge is 2.29. The van der Waals surface area contributed by atoms with Crippen molar-refractivity contribution in [2.24, 2.45) is 10.7 Å². The quantitative estimate of drug-likeness (QED) is 0.530. The minimum atomic E-state index is -1.34. The maximum Gasteiger partial charge on any atom is 0.203 e. The van der Waals surface area contributed by atoms with E-state index in [1.807, 2.05) is 36.5 Å². The fraction of sp³-hybridized carbons (Fsp3) is 0.150. The largest absolute Gasteiger partial charge is 0.369 e. The van der Waals surface area contributed by atoms with Crippen molar-refractivity contribution in [1.82, 2.24) is 19.1 Å². The van der Waals surface area contributed by atoms with Crippen molar-refractivity contribution in [3.63, 3.8) is 0 Å². The Labute approximate surface area is 178 Å². The number of thiophene rings is 1. The Kier molecular flexibility index (Phi) is 4.59. The van der Waals surface area contributed by atoms with E-state index in [9.17, 15) is 4.21 Å². The van der Waals surface area contributed by atoms with Crippen LogP contribution in [0.2, 0.25) is 0 Å². The van der Waals surface area contributed by atoms with Gasteiger partial charge < -0.3 is 5.73 Å². The van der Waals surface area contributed by atoms with Crippen molar-refractivity contribution in [3.05, 3.63) is 65.7 Å². The van der Waals surface area contributed by atoms with Crippen LogP contribution in [0, 0.1) is 5.82 Å². The molecule has 5 rings (SSSR count). The van der Waals surface area contributed by atoms with Crippen molar-refractivity contribution in [2.45, 2.75) is 6.04 Å². The Hall–Kier alpha value is -3.11. The van der Waals surface area contributed by atoms with Crippen LogP contribution in [-0.4, -0.2) is 42.0 Å². The van der Waals surface area contributed by atoms with Crippen LogP contribution in [0.4, 0.5) is 4.39 Å². The molecule has 10 heteroatoms.